The van der Waals surface area contributed by atoms with E-state index >= 15 is 0 Å². The van der Waals surface area contributed by atoms with Crippen LogP contribution in [-0.4, -0.2) is 85.6 Å². The van der Waals surface area contributed by atoms with Crippen LogP contribution in [0.25, 0.3) is 11.0 Å². The van der Waals surface area contributed by atoms with Crippen molar-refractivity contribution in [1.82, 2.24) is 25.5 Å². The molecule has 12 nitrogen and oxygen atoms in total. The van der Waals surface area contributed by atoms with E-state index in [4.69, 9.17) is 9.47 Å². The summed E-state index contributed by atoms with van der Waals surface area (Å²) >= 11 is 0. The number of alkyl carbamates (subject to hydrolysis) is 1. The molecule has 1 aliphatic carbocycles. The Kier molecular flexibility index (Phi) is 9.11. The first-order valence-corrected chi connectivity index (χ1v) is 15.7. The van der Waals surface area contributed by atoms with Crippen molar-refractivity contribution in [2.75, 3.05) is 6.54 Å². The van der Waals surface area contributed by atoms with E-state index in [0.29, 0.717) is 29.6 Å². The molecule has 0 spiro atoms. The number of carbonyl (C=O) groups is 4. The van der Waals surface area contributed by atoms with Crippen LogP contribution >= 0.6 is 0 Å². The fourth-order valence-electron chi connectivity index (χ4n) is 6.34. The molecule has 2 aromatic rings. The number of aryl methyl sites for hydroxylation is 1. The predicted molar refractivity (Wildman–Crippen MR) is 161 cm³/mol. The number of amides is 3. The van der Waals surface area contributed by atoms with Crippen LogP contribution < -0.4 is 15.4 Å². The van der Waals surface area contributed by atoms with Crippen LogP contribution in [0.5, 0.6) is 5.88 Å². The van der Waals surface area contributed by atoms with Gasteiger partial charge in [-0.25, -0.2) is 28.3 Å². The highest BCUT2D eigenvalue weighted by atomic mass is 19.3. The third-order valence-corrected chi connectivity index (χ3v) is 8.73. The zero-order valence-corrected chi connectivity index (χ0v) is 26.5. The van der Waals surface area contributed by atoms with Crippen molar-refractivity contribution in [3.05, 3.63) is 30.0 Å². The molecule has 0 radical (unpaired) electrons. The molecule has 3 N–H and O–H groups in total. The molecule has 5 atom stereocenters. The van der Waals surface area contributed by atoms with Crippen molar-refractivity contribution in [2.24, 2.45) is 5.92 Å². The molecule has 1 aromatic carbocycles. The number of aliphatic carboxylic acids is 1. The lowest BCUT2D eigenvalue weighted by molar-refractivity contribution is -0.146. The second-order valence-corrected chi connectivity index (χ2v) is 13.6. The Labute approximate surface area is 265 Å². The van der Waals surface area contributed by atoms with Crippen LogP contribution in [0.2, 0.25) is 0 Å². The summed E-state index contributed by atoms with van der Waals surface area (Å²) in [5.74, 6) is -6.64. The molecular formula is C32H41F2N5O7. The van der Waals surface area contributed by atoms with Gasteiger partial charge in [0, 0.05) is 25.2 Å². The van der Waals surface area contributed by atoms with Crippen LogP contribution in [-0.2, 0) is 19.1 Å². The molecule has 3 aliphatic rings. The molecule has 2 saturated heterocycles. The number of nitrogens with one attached hydrogen (secondary N) is 2. The zero-order valence-electron chi connectivity index (χ0n) is 26.5. The summed E-state index contributed by atoms with van der Waals surface area (Å²) in [5.41, 5.74) is -0.955. The minimum absolute atomic E-state index is 0.0266. The molecule has 2 aliphatic heterocycles. The third-order valence-electron chi connectivity index (χ3n) is 8.73. The molecule has 14 heteroatoms. The van der Waals surface area contributed by atoms with Crippen molar-refractivity contribution < 1.29 is 42.5 Å². The minimum atomic E-state index is -3.12. The van der Waals surface area contributed by atoms with Gasteiger partial charge in [0.1, 0.15) is 35.0 Å². The first-order chi connectivity index (χ1) is 21.6. The Morgan fingerprint density at radius 1 is 1.09 bits per heavy atom. The van der Waals surface area contributed by atoms with Gasteiger partial charge in [-0.1, -0.05) is 25.0 Å². The highest BCUT2D eigenvalue weighted by Crippen LogP contribution is 2.50. The number of hydrogen-bond donors (Lipinski definition) is 3. The van der Waals surface area contributed by atoms with Crippen molar-refractivity contribution >= 4 is 34.9 Å². The quantitative estimate of drug-likeness (QED) is 0.444. The van der Waals surface area contributed by atoms with Crippen LogP contribution in [0, 0.1) is 12.8 Å². The fraction of sp³-hybridized carbons (Fsp3) is 0.625. The summed E-state index contributed by atoms with van der Waals surface area (Å²) in [6.45, 7) is 6.68. The van der Waals surface area contributed by atoms with E-state index in [1.54, 1.807) is 33.8 Å². The maximum absolute atomic E-state index is 14.9. The van der Waals surface area contributed by atoms with Crippen LogP contribution in [0.3, 0.4) is 0 Å². The van der Waals surface area contributed by atoms with Crippen molar-refractivity contribution in [2.45, 2.75) is 114 Å². The Balaban J connectivity index is 1.45. The first kappa shape index (κ1) is 33.3. The number of fused-ring (bicyclic) bond motifs is 3. The largest absolute Gasteiger partial charge is 0.479 e. The number of alkyl halides is 2. The van der Waals surface area contributed by atoms with Gasteiger partial charge in [0.05, 0.1) is 17.6 Å². The number of carboxylic acids is 1. The van der Waals surface area contributed by atoms with Crippen LogP contribution in [0.4, 0.5) is 13.6 Å². The Hall–Kier alpha value is -4.10. The third kappa shape index (κ3) is 7.47. The maximum atomic E-state index is 14.9. The molecular weight excluding hydrogens is 604 g/mol. The van der Waals surface area contributed by atoms with E-state index in [0.717, 1.165) is 0 Å². The fourth-order valence-corrected chi connectivity index (χ4v) is 6.34. The van der Waals surface area contributed by atoms with E-state index < -0.39 is 77.9 Å². The summed E-state index contributed by atoms with van der Waals surface area (Å²) in [6, 6.07) is 4.91. The van der Waals surface area contributed by atoms with E-state index in [-0.39, 0.29) is 38.1 Å². The van der Waals surface area contributed by atoms with Gasteiger partial charge in [0.2, 0.25) is 23.6 Å². The average molecular weight is 646 g/mol. The normalized spacial score (nSPS) is 28.6. The summed E-state index contributed by atoms with van der Waals surface area (Å²) in [6.07, 6.45) is -1.88. The lowest BCUT2D eigenvalue weighted by Gasteiger charge is -2.30. The number of carboxylic acid groups (broad SMARTS) is 1. The monoisotopic (exact) mass is 645 g/mol. The van der Waals surface area contributed by atoms with Gasteiger partial charge in [-0.2, -0.15) is 0 Å². The molecule has 250 valence electrons. The number of benzene rings is 1. The van der Waals surface area contributed by atoms with Gasteiger partial charge in [-0.15, -0.1) is 0 Å². The average Bonchev–Trinajstić information content (AvgIpc) is 3.45. The van der Waals surface area contributed by atoms with E-state index in [2.05, 4.69) is 20.6 Å². The molecule has 3 heterocycles. The summed E-state index contributed by atoms with van der Waals surface area (Å²) in [5, 5.41) is 15.1. The molecule has 46 heavy (non-hydrogen) atoms. The van der Waals surface area contributed by atoms with Gasteiger partial charge in [-0.3, -0.25) is 9.59 Å². The molecule has 1 saturated carbocycles. The summed E-state index contributed by atoms with van der Waals surface area (Å²) in [7, 11) is 0. The SMILES string of the molecule is Cc1nc2ccccc2nc1O[C@@H]1C[C@H]2C(=O)N[C@]3(C(=O)O)C[C@H]3CC(F)(F)CCCCC[C@H](NC(=O)OC(C)(C)C)C(=O)N2C1. The van der Waals surface area contributed by atoms with Crippen molar-refractivity contribution in [3.8, 4) is 5.88 Å². The number of para-hydroxylation sites is 2. The maximum Gasteiger partial charge on any atom is 0.408 e. The Morgan fingerprint density at radius 2 is 1.78 bits per heavy atom. The molecule has 0 bridgehead atoms. The summed E-state index contributed by atoms with van der Waals surface area (Å²) < 4.78 is 41.3. The van der Waals surface area contributed by atoms with Crippen LogP contribution in [0.1, 0.15) is 77.8 Å². The van der Waals surface area contributed by atoms with E-state index in [9.17, 15) is 33.1 Å². The van der Waals surface area contributed by atoms with Gasteiger partial charge in [0.15, 0.2) is 0 Å². The predicted octanol–water partition coefficient (Wildman–Crippen LogP) is 4.13. The molecule has 3 fully saturated rings. The lowest BCUT2D eigenvalue weighted by Crippen LogP contribution is -2.56. The van der Waals surface area contributed by atoms with Crippen molar-refractivity contribution in [3.63, 3.8) is 0 Å². The number of halogens is 2. The molecule has 3 amide bonds. The molecule has 5 rings (SSSR count). The highest BCUT2D eigenvalue weighted by Gasteiger charge is 2.64. The smallest absolute Gasteiger partial charge is 0.408 e. The van der Waals surface area contributed by atoms with E-state index in [1.165, 1.54) is 4.90 Å². The number of nitrogens with zero attached hydrogens (tertiary/aromatic N) is 3. The second-order valence-electron chi connectivity index (χ2n) is 13.6. The van der Waals surface area contributed by atoms with Crippen LogP contribution in [0.15, 0.2) is 24.3 Å². The number of hydrogen-bond acceptors (Lipinski definition) is 8. The number of aromatic nitrogens is 2. The number of carbonyl (C=O) groups excluding carboxylic acids is 3. The molecule has 1 aromatic heterocycles. The topological polar surface area (TPSA) is 160 Å². The number of ether oxygens (including phenoxy) is 2. The van der Waals surface area contributed by atoms with Gasteiger partial charge >= 0.3 is 12.1 Å². The highest BCUT2D eigenvalue weighted by molar-refractivity contribution is 5.96. The molecule has 0 unspecified atom stereocenters. The number of rotatable bonds is 4. The first-order valence-electron chi connectivity index (χ1n) is 15.7. The van der Waals surface area contributed by atoms with E-state index in [1.807, 2.05) is 18.2 Å². The van der Waals surface area contributed by atoms with Gasteiger partial charge < -0.3 is 30.1 Å². The Bertz CT molecular complexity index is 1520. The zero-order chi connectivity index (χ0) is 33.4. The van der Waals surface area contributed by atoms with Crippen molar-refractivity contribution in [1.29, 1.82) is 0 Å². The summed E-state index contributed by atoms with van der Waals surface area (Å²) in [4.78, 5) is 63.4. The Morgan fingerprint density at radius 3 is 2.46 bits per heavy atom. The minimum Gasteiger partial charge on any atom is -0.479 e. The van der Waals surface area contributed by atoms with Gasteiger partial charge in [0.25, 0.3) is 0 Å². The van der Waals surface area contributed by atoms with Gasteiger partial charge in [-0.05, 0) is 59.1 Å². The standard InChI is InChI=1S/C32H41F2N5O7/c1-18-26(36-22-11-8-7-10-21(22)35-18)45-20-14-24-25(40)38-32(28(42)43)16-19(32)15-31(33,34)13-9-5-6-12-23(27(41)39(24)17-20)37-29(44)46-30(2,3)4/h7-8,10-11,19-20,23-24H,5-6,9,12-17H2,1-4H3,(H,37,44)(H,38,40)(H,42,43)/t19-,20-,23+,24+,32-/m1/s1. The lowest BCUT2D eigenvalue weighted by atomic mass is 10.0. The second kappa shape index (κ2) is 12.6.